The molecule has 166 valence electrons. The van der Waals surface area contributed by atoms with Crippen LogP contribution in [-0.2, 0) is 4.74 Å². The summed E-state index contributed by atoms with van der Waals surface area (Å²) in [6.45, 7) is 0. The number of hydrogen-bond donors (Lipinski definition) is 2. The second-order valence-corrected chi connectivity index (χ2v) is 7.14. The number of methoxy groups -OCH3 is 1. The summed E-state index contributed by atoms with van der Waals surface area (Å²) >= 11 is 0. The number of esters is 1. The minimum atomic E-state index is -0.532. The first-order chi connectivity index (χ1) is 16.6. The third-order valence-electron chi connectivity index (χ3n) is 4.95. The van der Waals surface area contributed by atoms with Gasteiger partial charge in [0.05, 0.1) is 23.9 Å². The molecule has 4 rings (SSSR count). The van der Waals surface area contributed by atoms with Crippen LogP contribution in [0.1, 0.15) is 31.8 Å². The number of aromatic nitrogens is 2. The summed E-state index contributed by atoms with van der Waals surface area (Å²) < 4.78 is 4.90. The van der Waals surface area contributed by atoms with E-state index in [0.29, 0.717) is 27.9 Å². The van der Waals surface area contributed by atoms with Gasteiger partial charge in [-0.05, 0) is 42.5 Å². The van der Waals surface area contributed by atoms with E-state index in [1.807, 2.05) is 6.07 Å². The van der Waals surface area contributed by atoms with E-state index in [0.717, 1.165) is 5.56 Å². The lowest BCUT2D eigenvalue weighted by Gasteiger charge is -2.14. The molecule has 4 aromatic rings. The van der Waals surface area contributed by atoms with Crippen LogP contribution in [0.3, 0.4) is 0 Å². The van der Waals surface area contributed by atoms with Gasteiger partial charge in [-0.15, -0.1) is 0 Å². The SMILES string of the molecule is COC(=O)c1ccncc1-c1ccc(C#Cc2cccnc2)cc1NC(=O)c1ccccc1O. The normalized spacial score (nSPS) is 10.0. The van der Waals surface area contributed by atoms with Crippen molar-refractivity contribution < 1.29 is 19.4 Å². The molecule has 0 radical (unpaired) electrons. The van der Waals surface area contributed by atoms with Crippen LogP contribution in [-0.4, -0.2) is 34.1 Å². The third-order valence-corrected chi connectivity index (χ3v) is 4.95. The molecule has 7 nitrogen and oxygen atoms in total. The van der Waals surface area contributed by atoms with E-state index >= 15 is 0 Å². The Morgan fingerprint density at radius 2 is 1.65 bits per heavy atom. The smallest absolute Gasteiger partial charge is 0.338 e. The molecule has 0 aliphatic rings. The fraction of sp³-hybridized carbons (Fsp3) is 0.0370. The minimum Gasteiger partial charge on any atom is -0.507 e. The van der Waals surface area contributed by atoms with Gasteiger partial charge in [-0.2, -0.15) is 0 Å². The molecule has 2 aromatic heterocycles. The molecule has 0 aliphatic carbocycles. The molecule has 7 heteroatoms. The zero-order valence-corrected chi connectivity index (χ0v) is 18.1. The highest BCUT2D eigenvalue weighted by atomic mass is 16.5. The third kappa shape index (κ3) is 4.92. The van der Waals surface area contributed by atoms with Crippen molar-refractivity contribution in [2.75, 3.05) is 12.4 Å². The molecule has 0 aliphatic heterocycles. The fourth-order valence-corrected chi connectivity index (χ4v) is 3.29. The molecule has 0 unspecified atom stereocenters. The lowest BCUT2D eigenvalue weighted by atomic mass is 9.98. The molecule has 0 saturated carbocycles. The Hall–Kier alpha value is -4.96. The van der Waals surface area contributed by atoms with Crippen LogP contribution in [0.15, 0.2) is 85.5 Å². The van der Waals surface area contributed by atoms with E-state index in [9.17, 15) is 14.7 Å². The number of nitrogens with zero attached hydrogens (tertiary/aromatic N) is 2. The van der Waals surface area contributed by atoms with Crippen molar-refractivity contribution in [3.8, 4) is 28.7 Å². The molecule has 2 aromatic carbocycles. The van der Waals surface area contributed by atoms with Crippen LogP contribution in [0.5, 0.6) is 5.75 Å². The van der Waals surface area contributed by atoms with Gasteiger partial charge >= 0.3 is 5.97 Å². The number of aromatic hydroxyl groups is 1. The quantitative estimate of drug-likeness (QED) is 0.356. The van der Waals surface area contributed by atoms with Crippen molar-refractivity contribution in [1.82, 2.24) is 9.97 Å². The second-order valence-electron chi connectivity index (χ2n) is 7.14. The number of phenolic OH excluding ortho intramolecular Hbond substituents is 1. The van der Waals surface area contributed by atoms with Gasteiger partial charge in [0.25, 0.3) is 5.91 Å². The highest BCUT2D eigenvalue weighted by Gasteiger charge is 2.18. The van der Waals surface area contributed by atoms with Crippen molar-refractivity contribution in [2.45, 2.75) is 0 Å². The maximum Gasteiger partial charge on any atom is 0.338 e. The van der Waals surface area contributed by atoms with Gasteiger partial charge in [-0.3, -0.25) is 14.8 Å². The van der Waals surface area contributed by atoms with Crippen LogP contribution in [0.4, 0.5) is 5.69 Å². The summed E-state index contributed by atoms with van der Waals surface area (Å²) in [5, 5.41) is 12.9. The van der Waals surface area contributed by atoms with Gasteiger partial charge < -0.3 is 15.2 Å². The second kappa shape index (κ2) is 10.1. The lowest BCUT2D eigenvalue weighted by molar-refractivity contribution is 0.0601. The number of para-hydroxylation sites is 1. The summed E-state index contributed by atoms with van der Waals surface area (Å²) in [7, 11) is 1.30. The first-order valence-electron chi connectivity index (χ1n) is 10.2. The molecule has 34 heavy (non-hydrogen) atoms. The highest BCUT2D eigenvalue weighted by Crippen LogP contribution is 2.32. The van der Waals surface area contributed by atoms with Crippen LogP contribution in [0, 0.1) is 11.8 Å². The summed E-state index contributed by atoms with van der Waals surface area (Å²) in [6, 6.07) is 16.6. The van der Waals surface area contributed by atoms with Gasteiger partial charge in [0.2, 0.25) is 0 Å². The molecule has 2 heterocycles. The number of rotatable bonds is 4. The van der Waals surface area contributed by atoms with Gasteiger partial charge in [0, 0.05) is 47.0 Å². The number of hydrogen-bond acceptors (Lipinski definition) is 6. The summed E-state index contributed by atoms with van der Waals surface area (Å²) in [5.74, 6) is 4.89. The zero-order valence-electron chi connectivity index (χ0n) is 18.1. The van der Waals surface area contributed by atoms with Crippen LogP contribution in [0.25, 0.3) is 11.1 Å². The fourth-order valence-electron chi connectivity index (χ4n) is 3.29. The van der Waals surface area contributed by atoms with E-state index in [-0.39, 0.29) is 11.3 Å². The average Bonchev–Trinajstić information content (AvgIpc) is 2.88. The van der Waals surface area contributed by atoms with E-state index in [4.69, 9.17) is 4.74 Å². The standard InChI is InChI=1S/C27H19N3O4/c1-34-27(33)21-12-14-29-17-23(21)20-11-10-18(8-9-19-5-4-13-28-16-19)15-24(20)30-26(32)22-6-2-3-7-25(22)31/h2-7,10-17,31H,1H3,(H,30,32). The zero-order chi connectivity index (χ0) is 23.9. The molecule has 1 amide bonds. The molecule has 0 spiro atoms. The number of amides is 1. The Labute approximate surface area is 196 Å². The molecule has 2 N–H and O–H groups in total. The average molecular weight is 449 g/mol. The Balaban J connectivity index is 1.80. The number of anilines is 1. The highest BCUT2D eigenvalue weighted by molar-refractivity contribution is 6.09. The van der Waals surface area contributed by atoms with Crippen molar-refractivity contribution in [3.05, 3.63) is 108 Å². The van der Waals surface area contributed by atoms with Crippen LogP contribution < -0.4 is 5.32 Å². The molecule has 0 atom stereocenters. The summed E-state index contributed by atoms with van der Waals surface area (Å²) in [6.07, 6.45) is 6.34. The van der Waals surface area contributed by atoms with Crippen molar-refractivity contribution in [2.24, 2.45) is 0 Å². The largest absolute Gasteiger partial charge is 0.507 e. The van der Waals surface area contributed by atoms with Gasteiger partial charge in [0.15, 0.2) is 0 Å². The number of pyridine rings is 2. The predicted octanol–water partition coefficient (Wildman–Crippen LogP) is 4.29. The molecule has 0 fully saturated rings. The predicted molar refractivity (Wildman–Crippen MR) is 127 cm³/mol. The minimum absolute atomic E-state index is 0.111. The van der Waals surface area contributed by atoms with Crippen molar-refractivity contribution >= 4 is 17.6 Å². The van der Waals surface area contributed by atoms with E-state index < -0.39 is 11.9 Å². The first kappa shape index (κ1) is 22.2. The molecular formula is C27H19N3O4. The number of carbonyl (C=O) groups excluding carboxylic acids is 2. The van der Waals surface area contributed by atoms with Crippen molar-refractivity contribution in [1.29, 1.82) is 0 Å². The topological polar surface area (TPSA) is 101 Å². The Morgan fingerprint density at radius 3 is 2.41 bits per heavy atom. The van der Waals surface area contributed by atoms with Gasteiger partial charge in [-0.25, -0.2) is 4.79 Å². The van der Waals surface area contributed by atoms with Gasteiger partial charge in [0.1, 0.15) is 5.75 Å². The summed E-state index contributed by atoms with van der Waals surface area (Å²) in [4.78, 5) is 33.5. The maximum atomic E-state index is 13.0. The van der Waals surface area contributed by atoms with Crippen LogP contribution >= 0.6 is 0 Å². The Morgan fingerprint density at radius 1 is 0.853 bits per heavy atom. The van der Waals surface area contributed by atoms with Crippen LogP contribution in [0.2, 0.25) is 0 Å². The van der Waals surface area contributed by atoms with Crippen molar-refractivity contribution in [3.63, 3.8) is 0 Å². The number of ether oxygens (including phenoxy) is 1. The number of nitrogens with one attached hydrogen (secondary N) is 1. The van der Waals surface area contributed by atoms with E-state index in [1.165, 1.54) is 31.6 Å². The Kier molecular flexibility index (Phi) is 6.61. The maximum absolute atomic E-state index is 13.0. The summed E-state index contributed by atoms with van der Waals surface area (Å²) in [5.41, 5.74) is 3.20. The number of benzene rings is 2. The van der Waals surface area contributed by atoms with E-state index in [2.05, 4.69) is 27.1 Å². The van der Waals surface area contributed by atoms with E-state index in [1.54, 1.807) is 54.9 Å². The number of phenols is 1. The lowest BCUT2D eigenvalue weighted by Crippen LogP contribution is -2.13. The first-order valence-corrected chi connectivity index (χ1v) is 10.2. The molecule has 0 bridgehead atoms. The Bertz CT molecular complexity index is 1420. The monoisotopic (exact) mass is 449 g/mol. The van der Waals surface area contributed by atoms with Gasteiger partial charge in [-0.1, -0.05) is 30.0 Å². The number of carbonyl (C=O) groups is 2. The molecule has 0 saturated heterocycles. The molecular weight excluding hydrogens is 430 g/mol.